The number of rotatable bonds is 6. The number of hydrogen-bond acceptors (Lipinski definition) is 5. The zero-order valence-electron chi connectivity index (χ0n) is 13.2. The van der Waals surface area contributed by atoms with E-state index in [-0.39, 0.29) is 5.75 Å². The lowest BCUT2D eigenvalue weighted by molar-refractivity contribution is -0.133. The fourth-order valence-corrected chi connectivity index (χ4v) is 3.31. The van der Waals surface area contributed by atoms with Crippen molar-refractivity contribution in [2.75, 3.05) is 12.0 Å². The molecule has 0 bridgehead atoms. The van der Waals surface area contributed by atoms with Crippen molar-refractivity contribution in [3.05, 3.63) is 53.6 Å². The molecule has 1 heterocycles. The molecule has 0 saturated heterocycles. The zero-order chi connectivity index (χ0) is 17.8. The smallest absolute Gasteiger partial charge is 0.314 e. The van der Waals surface area contributed by atoms with Crippen molar-refractivity contribution in [3.8, 4) is 22.6 Å². The molecule has 0 amide bonds. The van der Waals surface area contributed by atoms with E-state index in [1.54, 1.807) is 23.9 Å². The molecule has 7 heteroatoms. The summed E-state index contributed by atoms with van der Waals surface area (Å²) in [4.78, 5) is 16.4. The van der Waals surface area contributed by atoms with E-state index in [2.05, 4.69) is 4.98 Å². The van der Waals surface area contributed by atoms with Crippen LogP contribution >= 0.6 is 35.1 Å². The fourth-order valence-electron chi connectivity index (χ4n) is 2.23. The van der Waals surface area contributed by atoms with Gasteiger partial charge in [0.15, 0.2) is 5.76 Å². The molecule has 4 nitrogen and oxygen atoms in total. The quantitative estimate of drug-likeness (QED) is 0.555. The summed E-state index contributed by atoms with van der Waals surface area (Å²) in [7, 11) is 0. The lowest BCUT2D eigenvalue weighted by Gasteiger charge is -2.03. The number of aromatic nitrogens is 1. The van der Waals surface area contributed by atoms with Gasteiger partial charge < -0.3 is 9.52 Å². The van der Waals surface area contributed by atoms with Crippen LogP contribution in [0.5, 0.6) is 0 Å². The molecule has 3 aromatic rings. The third-order valence-electron chi connectivity index (χ3n) is 3.40. The van der Waals surface area contributed by atoms with Gasteiger partial charge in [0.2, 0.25) is 0 Å². The molecule has 0 aliphatic heterocycles. The summed E-state index contributed by atoms with van der Waals surface area (Å²) in [6.07, 6.45) is 2.02. The van der Waals surface area contributed by atoms with E-state index in [1.165, 1.54) is 0 Å². The van der Waals surface area contributed by atoms with Crippen molar-refractivity contribution in [2.24, 2.45) is 0 Å². The molecule has 128 valence electrons. The Morgan fingerprint density at radius 1 is 1.12 bits per heavy atom. The number of nitrogens with zero attached hydrogens (tertiary/aromatic N) is 1. The standard InChI is InChI=1S/C18H14ClNO3S2/c1-24-14-8-4-12(5-9-14)17-16(11-2-6-13(19)7-3-11)20-18(23-17)25-10-15(21)22/h2-9H,10H2,1H3,(H,21,22). The molecule has 1 N–H and O–H groups in total. The second-order valence-corrected chi connectivity index (χ2v) is 7.32. The first kappa shape index (κ1) is 17.9. The van der Waals surface area contributed by atoms with Gasteiger partial charge in [-0.15, -0.1) is 11.8 Å². The van der Waals surface area contributed by atoms with Crippen molar-refractivity contribution in [1.29, 1.82) is 0 Å². The van der Waals surface area contributed by atoms with Crippen molar-refractivity contribution >= 4 is 41.1 Å². The van der Waals surface area contributed by atoms with E-state index < -0.39 is 5.97 Å². The summed E-state index contributed by atoms with van der Waals surface area (Å²) in [6.45, 7) is 0. The Kier molecular flexibility index (Phi) is 5.73. The number of carbonyl (C=O) groups is 1. The number of benzene rings is 2. The number of hydrogen-bond donors (Lipinski definition) is 1. The average Bonchev–Trinajstić information content (AvgIpc) is 3.05. The molecule has 2 aromatic carbocycles. The van der Waals surface area contributed by atoms with Gasteiger partial charge in [-0.25, -0.2) is 4.98 Å². The van der Waals surface area contributed by atoms with Crippen molar-refractivity contribution in [3.63, 3.8) is 0 Å². The summed E-state index contributed by atoms with van der Waals surface area (Å²) in [5, 5.41) is 9.83. The molecule has 3 rings (SSSR count). The summed E-state index contributed by atoms with van der Waals surface area (Å²) in [5.41, 5.74) is 2.41. The maximum Gasteiger partial charge on any atom is 0.314 e. The zero-order valence-corrected chi connectivity index (χ0v) is 15.6. The number of carboxylic acids is 1. The van der Waals surface area contributed by atoms with Gasteiger partial charge in [0.1, 0.15) is 11.4 Å². The van der Waals surface area contributed by atoms with Gasteiger partial charge in [0, 0.05) is 21.0 Å². The van der Waals surface area contributed by atoms with Crippen LogP contribution in [-0.4, -0.2) is 28.1 Å². The fraction of sp³-hybridized carbons (Fsp3) is 0.111. The predicted molar refractivity (Wildman–Crippen MR) is 103 cm³/mol. The minimum Gasteiger partial charge on any atom is -0.481 e. The molecular weight excluding hydrogens is 378 g/mol. The largest absolute Gasteiger partial charge is 0.481 e. The van der Waals surface area contributed by atoms with Crippen LogP contribution in [0.15, 0.2) is 63.1 Å². The Labute approximate surface area is 158 Å². The van der Waals surface area contributed by atoms with Gasteiger partial charge in [0.25, 0.3) is 5.22 Å². The molecular formula is C18H14ClNO3S2. The van der Waals surface area contributed by atoms with Crippen LogP contribution in [0.25, 0.3) is 22.6 Å². The third-order valence-corrected chi connectivity index (χ3v) is 5.20. The van der Waals surface area contributed by atoms with E-state index in [4.69, 9.17) is 21.1 Å². The van der Waals surface area contributed by atoms with Crippen LogP contribution in [0.4, 0.5) is 0 Å². The molecule has 0 fully saturated rings. The first-order valence-corrected chi connectivity index (χ1v) is 9.91. The predicted octanol–water partition coefficient (Wildman–Crippen LogP) is 5.56. The molecule has 0 spiro atoms. The minimum absolute atomic E-state index is 0.106. The molecule has 0 aliphatic carbocycles. The van der Waals surface area contributed by atoms with E-state index in [1.807, 2.05) is 42.7 Å². The minimum atomic E-state index is -0.915. The lowest BCUT2D eigenvalue weighted by atomic mass is 10.1. The van der Waals surface area contributed by atoms with E-state index in [9.17, 15) is 4.79 Å². The second kappa shape index (κ2) is 7.99. The van der Waals surface area contributed by atoms with Crippen molar-refractivity contribution in [1.82, 2.24) is 4.98 Å². The highest BCUT2D eigenvalue weighted by Crippen LogP contribution is 2.36. The maximum absolute atomic E-state index is 10.8. The SMILES string of the molecule is CSc1ccc(-c2oc(SCC(=O)O)nc2-c2ccc(Cl)cc2)cc1. The Morgan fingerprint density at radius 3 is 2.36 bits per heavy atom. The van der Waals surface area contributed by atoms with Gasteiger partial charge in [-0.2, -0.15) is 0 Å². The van der Waals surface area contributed by atoms with Crippen LogP contribution in [-0.2, 0) is 4.79 Å². The number of halogens is 1. The normalized spacial score (nSPS) is 10.8. The number of oxazole rings is 1. The van der Waals surface area contributed by atoms with Crippen LogP contribution in [0.2, 0.25) is 5.02 Å². The highest BCUT2D eigenvalue weighted by molar-refractivity contribution is 7.99. The highest BCUT2D eigenvalue weighted by Gasteiger charge is 2.18. The molecule has 25 heavy (non-hydrogen) atoms. The van der Waals surface area contributed by atoms with Crippen LogP contribution in [0.3, 0.4) is 0 Å². The number of aliphatic carboxylic acids is 1. The maximum atomic E-state index is 10.8. The first-order chi connectivity index (χ1) is 12.1. The van der Waals surface area contributed by atoms with Gasteiger partial charge >= 0.3 is 5.97 Å². The van der Waals surface area contributed by atoms with Crippen LogP contribution in [0.1, 0.15) is 0 Å². The topological polar surface area (TPSA) is 63.3 Å². The van der Waals surface area contributed by atoms with Gasteiger partial charge in [0.05, 0.1) is 0 Å². The molecule has 0 atom stereocenters. The van der Waals surface area contributed by atoms with Gasteiger partial charge in [-0.3, -0.25) is 4.79 Å². The van der Waals surface area contributed by atoms with Crippen LogP contribution in [0, 0.1) is 0 Å². The van der Waals surface area contributed by atoms with Crippen molar-refractivity contribution < 1.29 is 14.3 Å². The average molecular weight is 392 g/mol. The highest BCUT2D eigenvalue weighted by atomic mass is 35.5. The van der Waals surface area contributed by atoms with Gasteiger partial charge in [-0.05, 0) is 30.5 Å². The van der Waals surface area contributed by atoms with Crippen LogP contribution < -0.4 is 0 Å². The van der Waals surface area contributed by atoms with E-state index in [0.717, 1.165) is 27.8 Å². The molecule has 0 aliphatic rings. The number of carboxylic acid groups (broad SMARTS) is 1. The lowest BCUT2D eigenvalue weighted by Crippen LogP contribution is -1.97. The monoisotopic (exact) mass is 391 g/mol. The summed E-state index contributed by atoms with van der Waals surface area (Å²) in [6, 6.07) is 15.3. The third kappa shape index (κ3) is 4.39. The Hall–Kier alpha value is -1.89. The van der Waals surface area contributed by atoms with Crippen molar-refractivity contribution in [2.45, 2.75) is 10.1 Å². The van der Waals surface area contributed by atoms with E-state index in [0.29, 0.717) is 21.7 Å². The summed E-state index contributed by atoms with van der Waals surface area (Å²) < 4.78 is 5.86. The Balaban J connectivity index is 2.03. The molecule has 0 unspecified atom stereocenters. The Morgan fingerprint density at radius 2 is 1.76 bits per heavy atom. The van der Waals surface area contributed by atoms with Gasteiger partial charge in [-0.1, -0.05) is 47.6 Å². The molecule has 0 radical (unpaired) electrons. The number of thioether (sulfide) groups is 2. The summed E-state index contributed by atoms with van der Waals surface area (Å²) >= 11 is 8.68. The van der Waals surface area contributed by atoms with E-state index >= 15 is 0 Å². The summed E-state index contributed by atoms with van der Waals surface area (Å²) in [5.74, 6) is -0.407. The Bertz CT molecular complexity index is 876. The molecule has 0 saturated carbocycles. The second-order valence-electron chi connectivity index (χ2n) is 5.08. The first-order valence-electron chi connectivity index (χ1n) is 7.32. The molecule has 1 aromatic heterocycles.